The molecule has 0 saturated heterocycles. The molecule has 136 valence electrons. The van der Waals surface area contributed by atoms with Crippen molar-refractivity contribution in [1.82, 2.24) is 0 Å². The summed E-state index contributed by atoms with van der Waals surface area (Å²) < 4.78 is 15.4. The lowest BCUT2D eigenvalue weighted by atomic mass is 10.1. The molecule has 3 rings (SSSR count). The van der Waals surface area contributed by atoms with Gasteiger partial charge in [0.1, 0.15) is 0 Å². The normalized spacial score (nSPS) is 12.2. The van der Waals surface area contributed by atoms with Gasteiger partial charge in [-0.15, -0.1) is 0 Å². The lowest BCUT2D eigenvalue weighted by Gasteiger charge is -2.12. The number of amides is 1. The van der Waals surface area contributed by atoms with E-state index in [1.807, 2.05) is 12.1 Å². The highest BCUT2D eigenvalue weighted by atomic mass is 16.5. The number of hydrogen-bond acceptors (Lipinski definition) is 5. The van der Waals surface area contributed by atoms with E-state index in [2.05, 4.69) is 16.1 Å². The molecule has 0 aromatic heterocycles. The summed E-state index contributed by atoms with van der Waals surface area (Å²) in [4.78, 5) is 23.7. The Morgan fingerprint density at radius 3 is 2.58 bits per heavy atom. The average Bonchev–Trinajstić information content (AvgIpc) is 3.13. The maximum atomic E-state index is 12.2. The van der Waals surface area contributed by atoms with Gasteiger partial charge in [0.2, 0.25) is 0 Å². The molecule has 0 fully saturated rings. The Labute approximate surface area is 152 Å². The number of methoxy groups -OCH3 is 2. The van der Waals surface area contributed by atoms with E-state index in [1.54, 1.807) is 12.1 Å². The van der Waals surface area contributed by atoms with Crippen LogP contribution in [-0.2, 0) is 22.4 Å². The smallest absolute Gasteiger partial charge is 0.337 e. The number of rotatable bonds is 6. The van der Waals surface area contributed by atoms with Crippen LogP contribution in [0.25, 0.3) is 0 Å². The van der Waals surface area contributed by atoms with E-state index in [4.69, 9.17) is 9.47 Å². The molecule has 0 atom stereocenters. The summed E-state index contributed by atoms with van der Waals surface area (Å²) in [6.45, 7) is -0.162. The minimum atomic E-state index is -0.468. The standard InChI is InChI=1S/C20H21NO5/c1-24-18-11-15(20(23)25-2)7-9-17(18)26-12-19(22)21-16-8-6-13-4-3-5-14(13)10-16/h6-11H,3-5,12H2,1-2H3,(H,21,22). The van der Waals surface area contributed by atoms with Gasteiger partial charge >= 0.3 is 5.97 Å². The molecular formula is C20H21NO5. The molecule has 0 aliphatic heterocycles. The summed E-state index contributed by atoms with van der Waals surface area (Å²) in [6, 6.07) is 10.6. The van der Waals surface area contributed by atoms with Crippen molar-refractivity contribution in [3.8, 4) is 11.5 Å². The number of aryl methyl sites for hydroxylation is 2. The van der Waals surface area contributed by atoms with Gasteiger partial charge in [-0.25, -0.2) is 4.79 Å². The van der Waals surface area contributed by atoms with Crippen LogP contribution in [0.2, 0.25) is 0 Å². The monoisotopic (exact) mass is 355 g/mol. The van der Waals surface area contributed by atoms with Crippen molar-refractivity contribution in [1.29, 1.82) is 0 Å². The summed E-state index contributed by atoms with van der Waals surface area (Å²) >= 11 is 0. The van der Waals surface area contributed by atoms with Gasteiger partial charge in [-0.1, -0.05) is 6.07 Å². The Balaban J connectivity index is 1.61. The van der Waals surface area contributed by atoms with Crippen LogP contribution in [-0.4, -0.2) is 32.7 Å². The first-order chi connectivity index (χ1) is 12.6. The molecular weight excluding hydrogens is 334 g/mol. The Hall–Kier alpha value is -3.02. The van der Waals surface area contributed by atoms with E-state index in [0.717, 1.165) is 24.9 Å². The Morgan fingerprint density at radius 2 is 1.81 bits per heavy atom. The molecule has 26 heavy (non-hydrogen) atoms. The van der Waals surface area contributed by atoms with Crippen LogP contribution in [0.15, 0.2) is 36.4 Å². The predicted molar refractivity (Wildman–Crippen MR) is 96.9 cm³/mol. The molecule has 1 aliphatic rings. The van der Waals surface area contributed by atoms with Crippen molar-refractivity contribution in [3.63, 3.8) is 0 Å². The lowest BCUT2D eigenvalue weighted by Crippen LogP contribution is -2.20. The first-order valence-corrected chi connectivity index (χ1v) is 8.41. The summed E-state index contributed by atoms with van der Waals surface area (Å²) in [7, 11) is 2.77. The van der Waals surface area contributed by atoms with E-state index in [-0.39, 0.29) is 12.5 Å². The van der Waals surface area contributed by atoms with Gasteiger partial charge in [-0.05, 0) is 60.7 Å². The topological polar surface area (TPSA) is 73.9 Å². The van der Waals surface area contributed by atoms with Gasteiger partial charge in [0, 0.05) is 5.69 Å². The Bertz CT molecular complexity index is 831. The molecule has 0 spiro atoms. The third-order valence-electron chi connectivity index (χ3n) is 4.33. The fraction of sp³-hybridized carbons (Fsp3) is 0.300. The van der Waals surface area contributed by atoms with Crippen LogP contribution in [0.3, 0.4) is 0 Å². The summed E-state index contributed by atoms with van der Waals surface area (Å²) in [5.41, 5.74) is 3.77. The van der Waals surface area contributed by atoms with Crippen molar-refractivity contribution < 1.29 is 23.8 Å². The molecule has 0 unspecified atom stereocenters. The van der Waals surface area contributed by atoms with Crippen LogP contribution >= 0.6 is 0 Å². The van der Waals surface area contributed by atoms with Crippen LogP contribution in [0.1, 0.15) is 27.9 Å². The molecule has 6 heteroatoms. The molecule has 0 radical (unpaired) electrons. The second-order valence-electron chi connectivity index (χ2n) is 6.03. The number of ether oxygens (including phenoxy) is 3. The van der Waals surface area contributed by atoms with E-state index in [0.29, 0.717) is 17.1 Å². The zero-order chi connectivity index (χ0) is 18.5. The molecule has 1 amide bonds. The highest BCUT2D eigenvalue weighted by Gasteiger charge is 2.14. The SMILES string of the molecule is COC(=O)c1ccc(OCC(=O)Nc2ccc3c(c2)CCC3)c(OC)c1. The van der Waals surface area contributed by atoms with Gasteiger partial charge in [0.05, 0.1) is 19.8 Å². The zero-order valence-electron chi connectivity index (χ0n) is 14.8. The number of hydrogen-bond donors (Lipinski definition) is 1. The number of carbonyl (C=O) groups is 2. The van der Waals surface area contributed by atoms with Gasteiger partial charge in [0.15, 0.2) is 18.1 Å². The van der Waals surface area contributed by atoms with Crippen molar-refractivity contribution >= 4 is 17.6 Å². The van der Waals surface area contributed by atoms with Gasteiger partial charge in [-0.2, -0.15) is 0 Å². The molecule has 6 nitrogen and oxygen atoms in total. The van der Waals surface area contributed by atoms with Crippen molar-refractivity contribution in [2.75, 3.05) is 26.1 Å². The Kier molecular flexibility index (Phi) is 5.41. The minimum absolute atomic E-state index is 0.162. The number of fused-ring (bicyclic) bond motifs is 1. The summed E-state index contributed by atoms with van der Waals surface area (Å²) in [5, 5.41) is 2.84. The van der Waals surface area contributed by atoms with Crippen LogP contribution < -0.4 is 14.8 Å². The van der Waals surface area contributed by atoms with Crippen molar-refractivity contribution in [3.05, 3.63) is 53.1 Å². The van der Waals surface area contributed by atoms with Gasteiger partial charge < -0.3 is 19.5 Å². The number of benzene rings is 2. The molecule has 0 saturated carbocycles. The maximum Gasteiger partial charge on any atom is 0.337 e. The highest BCUT2D eigenvalue weighted by Crippen LogP contribution is 2.28. The van der Waals surface area contributed by atoms with Crippen molar-refractivity contribution in [2.24, 2.45) is 0 Å². The second kappa shape index (κ2) is 7.91. The first kappa shape index (κ1) is 17.8. The molecule has 2 aromatic carbocycles. The molecule has 2 aromatic rings. The summed E-state index contributed by atoms with van der Waals surface area (Å²) in [5.74, 6) is 0.00809. The molecule has 0 bridgehead atoms. The third kappa shape index (κ3) is 3.96. The fourth-order valence-corrected chi connectivity index (χ4v) is 3.02. The fourth-order valence-electron chi connectivity index (χ4n) is 3.02. The zero-order valence-corrected chi connectivity index (χ0v) is 14.8. The van der Waals surface area contributed by atoms with Crippen LogP contribution in [0, 0.1) is 0 Å². The van der Waals surface area contributed by atoms with Gasteiger partial charge in [-0.3, -0.25) is 4.79 Å². The third-order valence-corrected chi connectivity index (χ3v) is 4.33. The predicted octanol–water partition coefficient (Wildman–Crippen LogP) is 2.99. The van der Waals surface area contributed by atoms with E-state index >= 15 is 0 Å². The number of carbonyl (C=O) groups excluding carboxylic acids is 2. The molecule has 1 N–H and O–H groups in total. The van der Waals surface area contributed by atoms with E-state index in [1.165, 1.54) is 31.4 Å². The summed E-state index contributed by atoms with van der Waals surface area (Å²) in [6.07, 6.45) is 3.32. The largest absolute Gasteiger partial charge is 0.493 e. The highest BCUT2D eigenvalue weighted by molar-refractivity contribution is 5.92. The Morgan fingerprint density at radius 1 is 1.00 bits per heavy atom. The second-order valence-corrected chi connectivity index (χ2v) is 6.03. The van der Waals surface area contributed by atoms with Gasteiger partial charge in [0.25, 0.3) is 5.91 Å². The quantitative estimate of drug-likeness (QED) is 0.807. The average molecular weight is 355 g/mol. The molecule has 1 aliphatic carbocycles. The molecule has 0 heterocycles. The number of anilines is 1. The lowest BCUT2D eigenvalue weighted by molar-refractivity contribution is -0.118. The van der Waals surface area contributed by atoms with Crippen LogP contribution in [0.5, 0.6) is 11.5 Å². The maximum absolute atomic E-state index is 12.2. The number of esters is 1. The van der Waals surface area contributed by atoms with Crippen LogP contribution in [0.4, 0.5) is 5.69 Å². The first-order valence-electron chi connectivity index (χ1n) is 8.41. The van der Waals surface area contributed by atoms with E-state index in [9.17, 15) is 9.59 Å². The minimum Gasteiger partial charge on any atom is -0.493 e. The number of nitrogens with one attached hydrogen (secondary N) is 1. The van der Waals surface area contributed by atoms with Crippen molar-refractivity contribution in [2.45, 2.75) is 19.3 Å². The van der Waals surface area contributed by atoms with E-state index < -0.39 is 5.97 Å².